The predicted molar refractivity (Wildman–Crippen MR) is 81.3 cm³/mol. The van der Waals surface area contributed by atoms with Gasteiger partial charge in [0.1, 0.15) is 0 Å². The number of carbonyl (C=O) groups is 1. The van der Waals surface area contributed by atoms with Crippen molar-refractivity contribution in [2.24, 2.45) is 11.7 Å². The molecule has 1 amide bonds. The molecule has 1 atom stereocenters. The van der Waals surface area contributed by atoms with E-state index in [4.69, 9.17) is 5.73 Å². The molecule has 3 nitrogen and oxygen atoms in total. The van der Waals surface area contributed by atoms with E-state index < -0.39 is 5.54 Å². The first-order chi connectivity index (χ1) is 9.05. The first-order valence-electron chi connectivity index (χ1n) is 6.48. The van der Waals surface area contributed by atoms with Crippen molar-refractivity contribution in [2.45, 2.75) is 30.2 Å². The molecule has 0 aromatic heterocycles. The van der Waals surface area contributed by atoms with Gasteiger partial charge in [0.05, 0.1) is 11.2 Å². The lowest BCUT2D eigenvalue weighted by atomic mass is 9.96. The summed E-state index contributed by atoms with van der Waals surface area (Å²) in [5.41, 5.74) is 6.19. The second kappa shape index (κ2) is 5.80. The smallest absolute Gasteiger partial charge is 0.244 e. The van der Waals surface area contributed by atoms with Crippen molar-refractivity contribution >= 4 is 23.4 Å². The number of hydrogen-bond donors (Lipinski definition) is 2. The molecule has 1 fully saturated rings. The molecule has 1 saturated carbocycles. The van der Waals surface area contributed by atoms with Crippen molar-refractivity contribution in [2.75, 3.05) is 11.1 Å². The minimum absolute atomic E-state index is 0.0957. The zero-order valence-electron chi connectivity index (χ0n) is 11.2. The van der Waals surface area contributed by atoms with Gasteiger partial charge in [-0.3, -0.25) is 4.79 Å². The zero-order valence-corrected chi connectivity index (χ0v) is 12.0. The lowest BCUT2D eigenvalue weighted by Crippen LogP contribution is -2.50. The summed E-state index contributed by atoms with van der Waals surface area (Å²) in [6, 6.07) is 7.78. The third-order valence-electron chi connectivity index (χ3n) is 3.41. The van der Waals surface area contributed by atoms with E-state index in [1.165, 1.54) is 0 Å². The lowest BCUT2D eigenvalue weighted by Gasteiger charge is -2.23. The minimum atomic E-state index is -0.768. The van der Waals surface area contributed by atoms with Crippen LogP contribution in [0.15, 0.2) is 41.8 Å². The molecule has 1 aromatic carbocycles. The van der Waals surface area contributed by atoms with Gasteiger partial charge in [0.25, 0.3) is 0 Å². The Hall–Kier alpha value is -1.26. The highest BCUT2D eigenvalue weighted by molar-refractivity contribution is 7.99. The fourth-order valence-electron chi connectivity index (χ4n) is 1.97. The fourth-order valence-corrected chi connectivity index (χ4v) is 2.72. The van der Waals surface area contributed by atoms with Crippen LogP contribution in [0.4, 0.5) is 5.69 Å². The summed E-state index contributed by atoms with van der Waals surface area (Å²) in [4.78, 5) is 13.3. The summed E-state index contributed by atoms with van der Waals surface area (Å²) < 4.78 is 0. The number of thioether (sulfide) groups is 1. The van der Waals surface area contributed by atoms with Crippen molar-refractivity contribution in [3.63, 3.8) is 0 Å². The SMILES string of the molecule is C=CCSc1ccccc1NC(=O)C(C)(N)C1CC1. The Morgan fingerprint density at radius 1 is 1.58 bits per heavy atom. The number of nitrogens with two attached hydrogens (primary N) is 1. The molecule has 0 bridgehead atoms. The van der Waals surface area contributed by atoms with Crippen molar-refractivity contribution in [1.82, 2.24) is 0 Å². The van der Waals surface area contributed by atoms with E-state index in [9.17, 15) is 4.79 Å². The van der Waals surface area contributed by atoms with Crippen LogP contribution in [0.3, 0.4) is 0 Å². The number of nitrogens with one attached hydrogen (secondary N) is 1. The van der Waals surface area contributed by atoms with Gasteiger partial charge in [0.15, 0.2) is 0 Å². The molecule has 1 unspecified atom stereocenters. The Bertz CT molecular complexity index is 481. The number of carbonyl (C=O) groups excluding carboxylic acids is 1. The molecule has 0 aliphatic heterocycles. The first kappa shape index (κ1) is 14.2. The van der Waals surface area contributed by atoms with Gasteiger partial charge in [-0.2, -0.15) is 0 Å². The second-order valence-corrected chi connectivity index (χ2v) is 6.17. The Labute approximate surface area is 118 Å². The molecule has 1 aromatic rings. The van der Waals surface area contributed by atoms with Crippen molar-refractivity contribution in [3.8, 4) is 0 Å². The molecule has 4 heteroatoms. The summed E-state index contributed by atoms with van der Waals surface area (Å²) in [7, 11) is 0. The van der Waals surface area contributed by atoms with E-state index in [0.717, 1.165) is 29.2 Å². The largest absolute Gasteiger partial charge is 0.323 e. The summed E-state index contributed by atoms with van der Waals surface area (Å²) in [5, 5.41) is 2.96. The second-order valence-electron chi connectivity index (χ2n) is 5.11. The van der Waals surface area contributed by atoms with E-state index in [1.807, 2.05) is 37.3 Å². The topological polar surface area (TPSA) is 55.1 Å². The van der Waals surface area contributed by atoms with Gasteiger partial charge in [0, 0.05) is 10.6 Å². The summed E-state index contributed by atoms with van der Waals surface area (Å²) in [5.74, 6) is 1.04. The molecule has 0 spiro atoms. The number of benzene rings is 1. The van der Waals surface area contributed by atoms with Gasteiger partial charge < -0.3 is 11.1 Å². The Morgan fingerprint density at radius 3 is 2.89 bits per heavy atom. The molecule has 0 saturated heterocycles. The van der Waals surface area contributed by atoms with E-state index >= 15 is 0 Å². The highest BCUT2D eigenvalue weighted by atomic mass is 32.2. The molecule has 102 valence electrons. The highest BCUT2D eigenvalue weighted by Gasteiger charge is 2.44. The van der Waals surface area contributed by atoms with E-state index in [1.54, 1.807) is 11.8 Å². The van der Waals surface area contributed by atoms with Gasteiger partial charge in [-0.05, 0) is 37.8 Å². The van der Waals surface area contributed by atoms with Gasteiger partial charge in [-0.1, -0.05) is 18.2 Å². The molecule has 1 aliphatic carbocycles. The van der Waals surface area contributed by atoms with Crippen LogP contribution in [-0.4, -0.2) is 17.2 Å². The number of amides is 1. The number of anilines is 1. The normalized spacial score (nSPS) is 17.6. The molecular weight excluding hydrogens is 256 g/mol. The van der Waals surface area contributed by atoms with Gasteiger partial charge in [0.2, 0.25) is 5.91 Å². The fraction of sp³-hybridized carbons (Fsp3) is 0.400. The predicted octanol–water partition coefficient (Wildman–Crippen LogP) is 3.03. The van der Waals surface area contributed by atoms with Gasteiger partial charge >= 0.3 is 0 Å². The molecule has 0 heterocycles. The summed E-state index contributed by atoms with van der Waals surface area (Å²) in [6.07, 6.45) is 3.95. The minimum Gasteiger partial charge on any atom is -0.323 e. The average molecular weight is 276 g/mol. The number of rotatable bonds is 6. The van der Waals surface area contributed by atoms with Crippen LogP contribution >= 0.6 is 11.8 Å². The van der Waals surface area contributed by atoms with Crippen LogP contribution in [0.1, 0.15) is 19.8 Å². The number of hydrogen-bond acceptors (Lipinski definition) is 3. The van der Waals surface area contributed by atoms with Gasteiger partial charge in [-0.15, -0.1) is 18.3 Å². The average Bonchev–Trinajstić information content (AvgIpc) is 3.22. The quantitative estimate of drug-likeness (QED) is 0.620. The van der Waals surface area contributed by atoms with E-state index in [2.05, 4.69) is 11.9 Å². The van der Waals surface area contributed by atoms with Crippen LogP contribution < -0.4 is 11.1 Å². The Balaban J connectivity index is 2.09. The Morgan fingerprint density at radius 2 is 2.26 bits per heavy atom. The maximum absolute atomic E-state index is 12.3. The van der Waals surface area contributed by atoms with Crippen molar-refractivity contribution < 1.29 is 4.79 Å². The third kappa shape index (κ3) is 3.39. The molecular formula is C15H20N2OS. The molecule has 19 heavy (non-hydrogen) atoms. The van der Waals surface area contributed by atoms with Crippen molar-refractivity contribution in [1.29, 1.82) is 0 Å². The van der Waals surface area contributed by atoms with E-state index in [0.29, 0.717) is 5.92 Å². The standard InChI is InChI=1S/C15H20N2OS/c1-3-10-19-13-7-5-4-6-12(13)17-14(18)15(2,16)11-8-9-11/h3-7,11H,1,8-10,16H2,2H3,(H,17,18). The summed E-state index contributed by atoms with van der Waals surface area (Å²) >= 11 is 1.65. The lowest BCUT2D eigenvalue weighted by molar-refractivity contribution is -0.121. The Kier molecular flexibility index (Phi) is 4.32. The highest BCUT2D eigenvalue weighted by Crippen LogP contribution is 2.39. The molecule has 2 rings (SSSR count). The van der Waals surface area contributed by atoms with Crippen LogP contribution in [-0.2, 0) is 4.79 Å². The molecule has 1 aliphatic rings. The van der Waals surface area contributed by atoms with Crippen molar-refractivity contribution in [3.05, 3.63) is 36.9 Å². The van der Waals surface area contributed by atoms with Crippen LogP contribution in [0.25, 0.3) is 0 Å². The van der Waals surface area contributed by atoms with Crippen LogP contribution in [0.2, 0.25) is 0 Å². The molecule has 0 radical (unpaired) electrons. The molecule has 3 N–H and O–H groups in total. The van der Waals surface area contributed by atoms with Crippen LogP contribution in [0.5, 0.6) is 0 Å². The number of para-hydroxylation sites is 1. The third-order valence-corrected chi connectivity index (χ3v) is 4.48. The van der Waals surface area contributed by atoms with Crippen LogP contribution in [0, 0.1) is 5.92 Å². The monoisotopic (exact) mass is 276 g/mol. The summed E-state index contributed by atoms with van der Waals surface area (Å²) in [6.45, 7) is 5.53. The maximum atomic E-state index is 12.3. The zero-order chi connectivity index (χ0) is 13.9. The van der Waals surface area contributed by atoms with Gasteiger partial charge in [-0.25, -0.2) is 0 Å². The first-order valence-corrected chi connectivity index (χ1v) is 7.47. The van der Waals surface area contributed by atoms with E-state index in [-0.39, 0.29) is 5.91 Å². The maximum Gasteiger partial charge on any atom is 0.244 e.